The van der Waals surface area contributed by atoms with E-state index in [-0.39, 0.29) is 0 Å². The van der Waals surface area contributed by atoms with E-state index in [4.69, 9.17) is 23.8 Å². The Bertz CT molecular complexity index is 1290. The molecule has 1 saturated heterocycles. The SMILES string of the molecule is CN1CCN(CC2=CC=C(NC(=S)Nc3ccc(Cl)c(-c4nccc5ccccc45)c3)CC2)CC1. The fourth-order valence-electron chi connectivity index (χ4n) is 4.64. The number of nitrogens with one attached hydrogen (secondary N) is 2. The number of hydrogen-bond donors (Lipinski definition) is 2. The van der Waals surface area contributed by atoms with Gasteiger partial charge in [0.25, 0.3) is 0 Å². The number of halogens is 1. The summed E-state index contributed by atoms with van der Waals surface area (Å²) in [6, 6.07) is 16.0. The molecule has 0 bridgehead atoms. The number of hydrogen-bond acceptors (Lipinski definition) is 4. The molecule has 0 unspecified atom stereocenters. The van der Waals surface area contributed by atoms with Crippen LogP contribution >= 0.6 is 23.8 Å². The number of nitrogens with zero attached hydrogens (tertiary/aromatic N) is 3. The topological polar surface area (TPSA) is 43.4 Å². The second-order valence-electron chi connectivity index (χ2n) is 9.25. The number of piperazine rings is 1. The van der Waals surface area contributed by atoms with E-state index in [1.165, 1.54) is 5.57 Å². The van der Waals surface area contributed by atoms with Crippen molar-refractivity contribution in [2.75, 3.05) is 45.1 Å². The van der Waals surface area contributed by atoms with Crippen LogP contribution in [0.25, 0.3) is 22.0 Å². The smallest absolute Gasteiger partial charge is 0.175 e. The molecule has 1 aliphatic heterocycles. The molecule has 2 aromatic carbocycles. The largest absolute Gasteiger partial charge is 0.336 e. The number of likely N-dealkylation sites (N-methyl/N-ethyl adjacent to an activating group) is 1. The first kappa shape index (κ1) is 23.9. The van der Waals surface area contributed by atoms with Gasteiger partial charge in [0.1, 0.15) is 0 Å². The van der Waals surface area contributed by atoms with Crippen LogP contribution in [-0.2, 0) is 0 Å². The first-order valence-corrected chi connectivity index (χ1v) is 12.8. The molecule has 5 rings (SSSR count). The number of aromatic nitrogens is 1. The summed E-state index contributed by atoms with van der Waals surface area (Å²) in [6.45, 7) is 5.66. The molecule has 0 radical (unpaired) electrons. The van der Waals surface area contributed by atoms with Crippen molar-refractivity contribution < 1.29 is 0 Å². The summed E-state index contributed by atoms with van der Waals surface area (Å²) in [7, 11) is 2.19. The summed E-state index contributed by atoms with van der Waals surface area (Å²) in [5.41, 5.74) is 5.24. The van der Waals surface area contributed by atoms with Crippen LogP contribution in [0.3, 0.4) is 0 Å². The second kappa shape index (κ2) is 10.9. The molecule has 3 aromatic rings. The average Bonchev–Trinajstić information content (AvgIpc) is 2.87. The van der Waals surface area contributed by atoms with Gasteiger partial charge in [-0.05, 0) is 67.8 Å². The van der Waals surface area contributed by atoms with Gasteiger partial charge >= 0.3 is 0 Å². The van der Waals surface area contributed by atoms with Crippen molar-refractivity contribution >= 4 is 45.4 Å². The average molecular weight is 504 g/mol. The zero-order chi connectivity index (χ0) is 24.2. The summed E-state index contributed by atoms with van der Waals surface area (Å²) in [5.74, 6) is 0. The Kier molecular flexibility index (Phi) is 7.44. The van der Waals surface area contributed by atoms with Crippen LogP contribution in [0.4, 0.5) is 5.69 Å². The Balaban J connectivity index is 1.24. The molecule has 7 heteroatoms. The van der Waals surface area contributed by atoms with E-state index in [0.717, 1.165) is 79.0 Å². The monoisotopic (exact) mass is 503 g/mol. The van der Waals surface area contributed by atoms with Crippen molar-refractivity contribution in [3.63, 3.8) is 0 Å². The molecule has 0 saturated carbocycles. The van der Waals surface area contributed by atoms with E-state index in [1.54, 1.807) is 0 Å². The van der Waals surface area contributed by atoms with E-state index in [9.17, 15) is 0 Å². The summed E-state index contributed by atoms with van der Waals surface area (Å²) in [6.07, 6.45) is 8.26. The van der Waals surface area contributed by atoms with Crippen LogP contribution in [0, 0.1) is 0 Å². The van der Waals surface area contributed by atoms with Gasteiger partial charge in [0.15, 0.2) is 5.11 Å². The maximum Gasteiger partial charge on any atom is 0.175 e. The van der Waals surface area contributed by atoms with E-state index in [1.807, 2.05) is 42.6 Å². The van der Waals surface area contributed by atoms with Gasteiger partial charge in [0, 0.05) is 61.3 Å². The number of thiocarbonyl (C=S) groups is 1. The zero-order valence-electron chi connectivity index (χ0n) is 19.9. The maximum absolute atomic E-state index is 6.58. The molecule has 0 atom stereocenters. The van der Waals surface area contributed by atoms with Crippen LogP contribution < -0.4 is 10.6 Å². The summed E-state index contributed by atoms with van der Waals surface area (Å²) in [4.78, 5) is 9.56. The number of benzene rings is 2. The Morgan fingerprint density at radius 3 is 2.63 bits per heavy atom. The van der Waals surface area contributed by atoms with Gasteiger partial charge < -0.3 is 15.5 Å². The quantitative estimate of drug-likeness (QED) is 0.436. The molecule has 2 aliphatic rings. The van der Waals surface area contributed by atoms with Crippen LogP contribution in [0.5, 0.6) is 0 Å². The molecule has 1 fully saturated rings. The third-order valence-corrected chi connectivity index (χ3v) is 7.22. The van der Waals surface area contributed by atoms with Gasteiger partial charge in [-0.25, -0.2) is 0 Å². The summed E-state index contributed by atoms with van der Waals surface area (Å²) < 4.78 is 0. The van der Waals surface area contributed by atoms with E-state index < -0.39 is 0 Å². The fraction of sp³-hybridized carbons (Fsp3) is 0.286. The first-order valence-electron chi connectivity index (χ1n) is 12.1. The van der Waals surface area contributed by atoms with Crippen molar-refractivity contribution in [2.45, 2.75) is 12.8 Å². The fourth-order valence-corrected chi connectivity index (χ4v) is 5.09. The van der Waals surface area contributed by atoms with Gasteiger partial charge in [-0.3, -0.25) is 9.88 Å². The molecular weight excluding hydrogens is 474 g/mol. The molecule has 2 N–H and O–H groups in total. The third kappa shape index (κ3) is 5.90. The van der Waals surface area contributed by atoms with Crippen molar-refractivity contribution in [3.05, 3.63) is 83.2 Å². The lowest BCUT2D eigenvalue weighted by molar-refractivity contribution is 0.163. The lowest BCUT2D eigenvalue weighted by Crippen LogP contribution is -2.45. The first-order chi connectivity index (χ1) is 17.0. The number of allylic oxidation sites excluding steroid dienone is 3. The molecule has 35 heavy (non-hydrogen) atoms. The van der Waals surface area contributed by atoms with E-state index in [2.05, 4.69) is 56.7 Å². The predicted octanol–water partition coefficient (Wildman–Crippen LogP) is 5.69. The predicted molar refractivity (Wildman–Crippen MR) is 151 cm³/mol. The minimum absolute atomic E-state index is 0.575. The van der Waals surface area contributed by atoms with Crippen molar-refractivity contribution in [1.29, 1.82) is 0 Å². The van der Waals surface area contributed by atoms with Gasteiger partial charge in [-0.1, -0.05) is 47.5 Å². The normalized spacial score (nSPS) is 17.1. The number of fused-ring (bicyclic) bond motifs is 1. The highest BCUT2D eigenvalue weighted by molar-refractivity contribution is 7.80. The van der Waals surface area contributed by atoms with Crippen LogP contribution in [0.1, 0.15) is 12.8 Å². The minimum Gasteiger partial charge on any atom is -0.336 e. The van der Waals surface area contributed by atoms with Crippen LogP contribution in [-0.4, -0.2) is 59.7 Å². The Labute approximate surface area is 217 Å². The van der Waals surface area contributed by atoms with E-state index >= 15 is 0 Å². The van der Waals surface area contributed by atoms with Gasteiger partial charge in [-0.2, -0.15) is 0 Å². The lowest BCUT2D eigenvalue weighted by Gasteiger charge is -2.33. The van der Waals surface area contributed by atoms with Gasteiger partial charge in [0.05, 0.1) is 10.7 Å². The molecule has 180 valence electrons. The molecule has 1 aliphatic carbocycles. The second-order valence-corrected chi connectivity index (χ2v) is 10.1. The highest BCUT2D eigenvalue weighted by atomic mass is 35.5. The Hall–Kier alpha value is -2.77. The van der Waals surface area contributed by atoms with Gasteiger partial charge in [-0.15, -0.1) is 0 Å². The van der Waals surface area contributed by atoms with E-state index in [0.29, 0.717) is 10.1 Å². The number of anilines is 1. The maximum atomic E-state index is 6.58. The molecular formula is C28H30ClN5S. The van der Waals surface area contributed by atoms with Crippen LogP contribution in [0.15, 0.2) is 78.1 Å². The van der Waals surface area contributed by atoms with Crippen molar-refractivity contribution in [1.82, 2.24) is 20.1 Å². The Morgan fingerprint density at radius 1 is 1.00 bits per heavy atom. The highest BCUT2D eigenvalue weighted by Crippen LogP contribution is 2.33. The molecule has 5 nitrogen and oxygen atoms in total. The molecule has 2 heterocycles. The van der Waals surface area contributed by atoms with Crippen molar-refractivity contribution in [3.8, 4) is 11.3 Å². The third-order valence-electron chi connectivity index (χ3n) is 6.69. The standard InChI is InChI=1S/C28H30ClN5S/c1-33-14-16-34(17-15-33)19-20-6-8-22(9-7-20)31-28(35)32-23-10-11-26(29)25(18-23)27-24-5-3-2-4-21(24)12-13-30-27/h2-6,8,10-13,18H,7,9,14-17,19H2,1H3,(H2,31,32,35). The Morgan fingerprint density at radius 2 is 1.83 bits per heavy atom. The minimum atomic E-state index is 0.575. The molecule has 1 aromatic heterocycles. The van der Waals surface area contributed by atoms with Crippen LogP contribution in [0.2, 0.25) is 5.02 Å². The summed E-state index contributed by atoms with van der Waals surface area (Å²) >= 11 is 12.2. The highest BCUT2D eigenvalue weighted by Gasteiger charge is 2.16. The molecule has 0 spiro atoms. The summed E-state index contributed by atoms with van der Waals surface area (Å²) in [5, 5.41) is 10.1. The molecule has 0 amide bonds. The number of pyridine rings is 1. The van der Waals surface area contributed by atoms with Crippen molar-refractivity contribution in [2.24, 2.45) is 0 Å². The lowest BCUT2D eigenvalue weighted by atomic mass is 10.0. The number of rotatable bonds is 5. The zero-order valence-corrected chi connectivity index (χ0v) is 21.5. The van der Waals surface area contributed by atoms with Gasteiger partial charge in [0.2, 0.25) is 0 Å².